The van der Waals surface area contributed by atoms with E-state index in [2.05, 4.69) is 32.3 Å². The zero-order chi connectivity index (χ0) is 24.1. The number of hydrogen-bond donors (Lipinski definition) is 1. The number of carboxylic acids is 1. The van der Waals surface area contributed by atoms with Crippen LogP contribution < -0.4 is 9.47 Å². The van der Waals surface area contributed by atoms with E-state index in [1.165, 1.54) is 0 Å². The smallest absolute Gasteiger partial charge is 0.335 e. The summed E-state index contributed by atoms with van der Waals surface area (Å²) in [6.07, 6.45) is 6.58. The van der Waals surface area contributed by atoms with Crippen LogP contribution in [0.15, 0.2) is 18.5 Å². The molecule has 1 fully saturated rings. The third-order valence-electron chi connectivity index (χ3n) is 6.09. The maximum absolute atomic E-state index is 11.3. The van der Waals surface area contributed by atoms with Crippen molar-refractivity contribution in [3.63, 3.8) is 0 Å². The van der Waals surface area contributed by atoms with Crippen molar-refractivity contribution in [2.24, 2.45) is 13.0 Å². The number of aryl methyl sites for hydroxylation is 3. The summed E-state index contributed by atoms with van der Waals surface area (Å²) in [6, 6.07) is 4.01. The van der Waals surface area contributed by atoms with Crippen molar-refractivity contribution in [3.05, 3.63) is 29.8 Å². The molecule has 2 atom stereocenters. The van der Waals surface area contributed by atoms with E-state index in [0.29, 0.717) is 41.7 Å². The number of aliphatic carboxylic acids is 1. The minimum Gasteiger partial charge on any atom is -0.489 e. The van der Waals surface area contributed by atoms with Gasteiger partial charge in [-0.25, -0.2) is 14.3 Å². The number of rotatable bonds is 10. The molecule has 0 saturated heterocycles. The average Bonchev–Trinajstić information content (AvgIpc) is 3.44. The van der Waals surface area contributed by atoms with Crippen LogP contribution in [0.1, 0.15) is 56.8 Å². The molecular weight excluding hydrogens is 438 g/mol. The first kappa shape index (κ1) is 23.7. The predicted octanol–water partition coefficient (Wildman–Crippen LogP) is 3.18. The van der Waals surface area contributed by atoms with Gasteiger partial charge < -0.3 is 14.6 Å². The van der Waals surface area contributed by atoms with Gasteiger partial charge in [0.25, 0.3) is 0 Å². The highest BCUT2D eigenvalue weighted by atomic mass is 16.5. The topological polar surface area (TPSA) is 130 Å². The second-order valence-electron chi connectivity index (χ2n) is 8.66. The van der Waals surface area contributed by atoms with E-state index in [4.69, 9.17) is 9.47 Å². The monoisotopic (exact) mass is 469 g/mol. The zero-order valence-corrected chi connectivity index (χ0v) is 19.8. The van der Waals surface area contributed by atoms with E-state index < -0.39 is 5.97 Å². The van der Waals surface area contributed by atoms with E-state index in [-0.39, 0.29) is 18.6 Å². The third-order valence-corrected chi connectivity index (χ3v) is 6.09. The van der Waals surface area contributed by atoms with Crippen molar-refractivity contribution in [1.82, 2.24) is 34.7 Å². The van der Waals surface area contributed by atoms with Crippen LogP contribution in [0.4, 0.5) is 0 Å². The molecule has 11 nitrogen and oxygen atoms in total. The highest BCUT2D eigenvalue weighted by molar-refractivity contribution is 5.70. The molecular formula is C23H31N7O4. The number of carbonyl (C=O) groups is 1. The summed E-state index contributed by atoms with van der Waals surface area (Å²) < 4.78 is 15.3. The Balaban J connectivity index is 1.44. The summed E-state index contributed by atoms with van der Waals surface area (Å²) in [7, 11) is 1.80. The first-order valence-electron chi connectivity index (χ1n) is 11.7. The molecule has 0 spiro atoms. The molecule has 1 aliphatic carbocycles. The molecule has 1 N–H and O–H groups in total. The SMILES string of the molecule is CCCCn1cnc(OCc2c(-c3ccc(O[C@H]4CCC[C@H](C(=O)O)C4)c(C)n3)nnn2C)n1. The summed E-state index contributed by atoms with van der Waals surface area (Å²) in [6.45, 7) is 5.01. The van der Waals surface area contributed by atoms with E-state index in [0.717, 1.165) is 37.9 Å². The Morgan fingerprint density at radius 1 is 1.29 bits per heavy atom. The summed E-state index contributed by atoms with van der Waals surface area (Å²) in [5.74, 6) is -0.442. The fraction of sp³-hybridized carbons (Fsp3) is 0.565. The van der Waals surface area contributed by atoms with Crippen LogP contribution in [0.3, 0.4) is 0 Å². The van der Waals surface area contributed by atoms with E-state index >= 15 is 0 Å². The molecule has 3 heterocycles. The Morgan fingerprint density at radius 2 is 2.15 bits per heavy atom. The van der Waals surface area contributed by atoms with Crippen molar-refractivity contribution < 1.29 is 19.4 Å². The van der Waals surface area contributed by atoms with Crippen molar-refractivity contribution >= 4 is 5.97 Å². The van der Waals surface area contributed by atoms with Gasteiger partial charge in [-0.05, 0) is 51.2 Å². The number of carboxylic acid groups (broad SMARTS) is 1. The molecule has 0 unspecified atom stereocenters. The molecule has 0 amide bonds. The van der Waals surface area contributed by atoms with Crippen LogP contribution in [-0.2, 0) is 25.0 Å². The number of aromatic nitrogens is 7. The molecule has 182 valence electrons. The molecule has 1 aliphatic rings. The van der Waals surface area contributed by atoms with Crippen LogP contribution in [0.2, 0.25) is 0 Å². The van der Waals surface area contributed by atoms with Crippen LogP contribution in [0, 0.1) is 12.8 Å². The maximum atomic E-state index is 11.3. The highest BCUT2D eigenvalue weighted by Crippen LogP contribution is 2.30. The summed E-state index contributed by atoms with van der Waals surface area (Å²) in [5, 5.41) is 22.1. The minimum atomic E-state index is -0.751. The van der Waals surface area contributed by atoms with Crippen LogP contribution in [-0.4, -0.2) is 51.9 Å². The molecule has 0 aromatic carbocycles. The van der Waals surface area contributed by atoms with Crippen molar-refractivity contribution in [1.29, 1.82) is 0 Å². The zero-order valence-electron chi connectivity index (χ0n) is 19.8. The molecule has 11 heteroatoms. The van der Waals surface area contributed by atoms with Gasteiger partial charge in [-0.1, -0.05) is 18.6 Å². The summed E-state index contributed by atoms with van der Waals surface area (Å²) in [4.78, 5) is 20.2. The van der Waals surface area contributed by atoms with Crippen molar-refractivity contribution in [3.8, 4) is 23.1 Å². The Hall–Kier alpha value is -3.50. The van der Waals surface area contributed by atoms with Gasteiger partial charge in [0.15, 0.2) is 0 Å². The van der Waals surface area contributed by atoms with Gasteiger partial charge in [0.1, 0.15) is 30.1 Å². The van der Waals surface area contributed by atoms with Gasteiger partial charge in [0, 0.05) is 13.6 Å². The minimum absolute atomic E-state index is 0.119. The number of pyridine rings is 1. The maximum Gasteiger partial charge on any atom is 0.335 e. The van der Waals surface area contributed by atoms with Gasteiger partial charge in [0.2, 0.25) is 0 Å². The van der Waals surface area contributed by atoms with Crippen molar-refractivity contribution in [2.75, 3.05) is 0 Å². The molecule has 4 rings (SSSR count). The van der Waals surface area contributed by atoms with Gasteiger partial charge in [-0.15, -0.1) is 10.2 Å². The van der Waals surface area contributed by atoms with Crippen LogP contribution in [0.5, 0.6) is 11.8 Å². The van der Waals surface area contributed by atoms with E-state index in [9.17, 15) is 9.90 Å². The average molecular weight is 470 g/mol. The van der Waals surface area contributed by atoms with Gasteiger partial charge >= 0.3 is 12.0 Å². The second kappa shape index (κ2) is 10.6. The largest absolute Gasteiger partial charge is 0.489 e. The molecule has 0 bridgehead atoms. The highest BCUT2D eigenvalue weighted by Gasteiger charge is 2.28. The molecule has 34 heavy (non-hydrogen) atoms. The fourth-order valence-electron chi connectivity index (χ4n) is 4.10. The lowest BCUT2D eigenvalue weighted by Crippen LogP contribution is -2.29. The van der Waals surface area contributed by atoms with Crippen LogP contribution in [0.25, 0.3) is 11.4 Å². The Morgan fingerprint density at radius 3 is 2.91 bits per heavy atom. The predicted molar refractivity (Wildman–Crippen MR) is 122 cm³/mol. The van der Waals surface area contributed by atoms with Gasteiger partial charge in [-0.3, -0.25) is 4.79 Å². The molecule has 0 radical (unpaired) electrons. The fourth-order valence-corrected chi connectivity index (χ4v) is 4.10. The number of nitrogens with zero attached hydrogens (tertiary/aromatic N) is 7. The normalized spacial score (nSPS) is 18.1. The number of ether oxygens (including phenoxy) is 2. The molecule has 3 aromatic rings. The molecule has 0 aliphatic heterocycles. The summed E-state index contributed by atoms with van der Waals surface area (Å²) >= 11 is 0. The molecule has 3 aromatic heterocycles. The van der Waals surface area contributed by atoms with Crippen molar-refractivity contribution in [2.45, 2.75) is 71.6 Å². The third kappa shape index (κ3) is 5.52. The summed E-state index contributed by atoms with van der Waals surface area (Å²) in [5.41, 5.74) is 2.74. The second-order valence-corrected chi connectivity index (χ2v) is 8.66. The number of unbranched alkanes of at least 4 members (excludes halogenated alkanes) is 1. The number of hydrogen-bond acceptors (Lipinski definition) is 8. The first-order valence-corrected chi connectivity index (χ1v) is 11.7. The Bertz CT molecular complexity index is 1130. The van der Waals surface area contributed by atoms with Gasteiger partial charge in [-0.2, -0.15) is 4.98 Å². The Labute approximate surface area is 198 Å². The van der Waals surface area contributed by atoms with E-state index in [1.807, 2.05) is 19.1 Å². The van der Waals surface area contributed by atoms with Gasteiger partial charge in [0.05, 0.1) is 23.4 Å². The lowest BCUT2D eigenvalue weighted by molar-refractivity contribution is -0.143. The lowest BCUT2D eigenvalue weighted by Gasteiger charge is -2.27. The Kier molecular flexibility index (Phi) is 7.39. The molecule has 1 saturated carbocycles. The first-order chi connectivity index (χ1) is 16.4. The standard InChI is InChI=1S/C23H31N7O4/c1-4-5-11-30-14-24-23(27-30)33-13-19-21(26-28-29(19)3)18-9-10-20(15(2)25-18)34-17-8-6-7-16(12-17)22(31)32/h9-10,14,16-17H,4-8,11-13H2,1-3H3,(H,31,32)/t16-,17-/m0/s1. The van der Waals surface area contributed by atoms with E-state index in [1.54, 1.807) is 22.7 Å². The van der Waals surface area contributed by atoms with Crippen LogP contribution >= 0.6 is 0 Å². The lowest BCUT2D eigenvalue weighted by atomic mass is 9.87. The quantitative estimate of drug-likeness (QED) is 0.476.